The Kier molecular flexibility index (Phi) is 7.00. The first-order chi connectivity index (χ1) is 21.1. The number of hydrogen-bond donors (Lipinski definition) is 3. The maximum absolute atomic E-state index is 11.4. The molecule has 2 heterocycles. The van der Waals surface area contributed by atoms with Crippen LogP contribution in [-0.2, 0) is 11.3 Å². The zero-order valence-corrected chi connectivity index (χ0v) is 23.7. The van der Waals surface area contributed by atoms with Gasteiger partial charge in [-0.25, -0.2) is 9.97 Å². The number of fused-ring (bicyclic) bond motifs is 1. The van der Waals surface area contributed by atoms with Gasteiger partial charge < -0.3 is 16.0 Å². The molecule has 0 aliphatic rings. The summed E-state index contributed by atoms with van der Waals surface area (Å²) in [5.74, 6) is 6.73. The molecule has 0 aliphatic carbocycles. The van der Waals surface area contributed by atoms with Crippen molar-refractivity contribution in [3.05, 3.63) is 120 Å². The average Bonchev–Trinajstić information content (AvgIpc) is 3.03. The van der Waals surface area contributed by atoms with E-state index in [0.717, 1.165) is 36.3 Å². The number of carbonyl (C=O) groups excluding carboxylic acids is 1. The van der Waals surface area contributed by atoms with Crippen molar-refractivity contribution in [2.75, 3.05) is 23.7 Å². The summed E-state index contributed by atoms with van der Waals surface area (Å²) in [6.45, 7) is 3.81. The molecule has 0 fully saturated rings. The van der Waals surface area contributed by atoms with Gasteiger partial charge in [-0.2, -0.15) is 0 Å². The molecule has 0 unspecified atom stereocenters. The molecule has 0 atom stereocenters. The Morgan fingerprint density at radius 2 is 1.44 bits per heavy atom. The number of rotatable bonds is 7. The number of amides is 1. The summed E-state index contributed by atoms with van der Waals surface area (Å²) in [5, 5.41) is 18.6. The van der Waals surface area contributed by atoms with E-state index >= 15 is 0 Å². The molecule has 0 spiro atoms. The van der Waals surface area contributed by atoms with E-state index in [1.165, 1.54) is 44.8 Å². The number of pyridine rings is 2. The standard InChI is InChI=1S/C37H29N5O/c1-24(43)40-34-20-16-29-14-18-31(41-37(29)42-34)17-13-25-5-2-3-8-33(25)39-22-21-38-23-30-12-11-28-10-9-26-6-4-7-27-15-19-32(30)36(28)35(26)27/h2-12,14-16,18-20,38-39H,21-23H2,1H3,(H,40,41,42,43). The molecule has 7 rings (SSSR count). The van der Waals surface area contributed by atoms with E-state index in [-0.39, 0.29) is 5.91 Å². The van der Waals surface area contributed by atoms with Gasteiger partial charge in [0.25, 0.3) is 0 Å². The zero-order valence-electron chi connectivity index (χ0n) is 23.7. The molecule has 43 heavy (non-hydrogen) atoms. The van der Waals surface area contributed by atoms with Crippen LogP contribution < -0.4 is 16.0 Å². The van der Waals surface area contributed by atoms with Crippen molar-refractivity contribution < 1.29 is 4.79 Å². The molecule has 7 aromatic rings. The number of para-hydroxylation sites is 1. The first-order valence-corrected chi connectivity index (χ1v) is 14.4. The Morgan fingerprint density at radius 3 is 2.30 bits per heavy atom. The highest BCUT2D eigenvalue weighted by Gasteiger charge is 2.10. The van der Waals surface area contributed by atoms with Crippen molar-refractivity contribution in [3.63, 3.8) is 0 Å². The lowest BCUT2D eigenvalue weighted by molar-refractivity contribution is -0.114. The third-order valence-electron chi connectivity index (χ3n) is 7.66. The Hall–Kier alpha value is -5.51. The first-order valence-electron chi connectivity index (χ1n) is 14.4. The van der Waals surface area contributed by atoms with Crippen LogP contribution in [0.3, 0.4) is 0 Å². The highest BCUT2D eigenvalue weighted by atomic mass is 16.1. The molecule has 3 N–H and O–H groups in total. The van der Waals surface area contributed by atoms with Gasteiger partial charge in [0.1, 0.15) is 11.5 Å². The summed E-state index contributed by atoms with van der Waals surface area (Å²) in [7, 11) is 0. The second-order valence-electron chi connectivity index (χ2n) is 10.6. The second-order valence-corrected chi connectivity index (χ2v) is 10.6. The van der Waals surface area contributed by atoms with Crippen molar-refractivity contribution in [3.8, 4) is 11.8 Å². The molecular weight excluding hydrogens is 530 g/mol. The fraction of sp³-hybridized carbons (Fsp3) is 0.108. The summed E-state index contributed by atoms with van der Waals surface area (Å²) in [6, 6.07) is 35.4. The van der Waals surface area contributed by atoms with Crippen LogP contribution in [0.25, 0.3) is 43.4 Å². The number of nitrogens with zero attached hydrogens (tertiary/aromatic N) is 2. The lowest BCUT2D eigenvalue weighted by Gasteiger charge is -2.14. The van der Waals surface area contributed by atoms with Gasteiger partial charge in [-0.1, -0.05) is 72.7 Å². The van der Waals surface area contributed by atoms with Gasteiger partial charge in [-0.15, -0.1) is 0 Å². The van der Waals surface area contributed by atoms with Gasteiger partial charge in [-0.05, 0) is 80.2 Å². The molecule has 0 bridgehead atoms. The third-order valence-corrected chi connectivity index (χ3v) is 7.66. The normalized spacial score (nSPS) is 11.2. The van der Waals surface area contributed by atoms with Gasteiger partial charge in [0.15, 0.2) is 5.65 Å². The number of benzene rings is 5. The highest BCUT2D eigenvalue weighted by Crippen LogP contribution is 2.35. The summed E-state index contributed by atoms with van der Waals surface area (Å²) in [5.41, 5.74) is 4.34. The van der Waals surface area contributed by atoms with Crippen LogP contribution in [0.5, 0.6) is 0 Å². The fourth-order valence-electron chi connectivity index (χ4n) is 5.65. The van der Waals surface area contributed by atoms with Crippen molar-refractivity contribution in [1.82, 2.24) is 15.3 Å². The Morgan fingerprint density at radius 1 is 0.698 bits per heavy atom. The van der Waals surface area contributed by atoms with Crippen molar-refractivity contribution >= 4 is 60.8 Å². The molecular formula is C37H29N5O. The number of anilines is 2. The van der Waals surface area contributed by atoms with E-state index in [9.17, 15) is 4.79 Å². The van der Waals surface area contributed by atoms with E-state index in [4.69, 9.17) is 0 Å². The predicted octanol–water partition coefficient (Wildman–Crippen LogP) is 7.09. The Labute approximate surface area is 249 Å². The van der Waals surface area contributed by atoms with Gasteiger partial charge in [-0.3, -0.25) is 4.79 Å². The van der Waals surface area contributed by atoms with Crippen molar-refractivity contribution in [2.45, 2.75) is 13.5 Å². The summed E-state index contributed by atoms with van der Waals surface area (Å²) >= 11 is 0. The van der Waals surface area contributed by atoms with Crippen LogP contribution in [0.1, 0.15) is 23.7 Å². The Balaban J connectivity index is 1.02. The molecule has 6 nitrogen and oxygen atoms in total. The molecule has 5 aromatic carbocycles. The minimum Gasteiger partial charge on any atom is -0.383 e. The third kappa shape index (κ3) is 5.42. The number of aromatic nitrogens is 2. The molecule has 0 radical (unpaired) electrons. The summed E-state index contributed by atoms with van der Waals surface area (Å²) in [6.07, 6.45) is 0. The lowest BCUT2D eigenvalue weighted by Crippen LogP contribution is -2.22. The molecule has 1 amide bonds. The number of nitrogens with one attached hydrogen (secondary N) is 3. The second kappa shape index (κ2) is 11.4. The smallest absolute Gasteiger partial charge is 0.222 e. The van der Waals surface area contributed by atoms with Crippen LogP contribution in [0.4, 0.5) is 11.5 Å². The first kappa shape index (κ1) is 26.4. The maximum atomic E-state index is 11.4. The maximum Gasteiger partial charge on any atom is 0.222 e. The van der Waals surface area contributed by atoms with Gasteiger partial charge in [0.05, 0.1) is 0 Å². The van der Waals surface area contributed by atoms with E-state index in [0.29, 0.717) is 17.2 Å². The van der Waals surface area contributed by atoms with Crippen molar-refractivity contribution in [2.24, 2.45) is 0 Å². The van der Waals surface area contributed by atoms with E-state index in [1.54, 1.807) is 6.07 Å². The fourth-order valence-corrected chi connectivity index (χ4v) is 5.65. The van der Waals surface area contributed by atoms with Gasteiger partial charge >= 0.3 is 0 Å². The minimum absolute atomic E-state index is 0.172. The average molecular weight is 560 g/mol. The largest absolute Gasteiger partial charge is 0.383 e. The zero-order chi connectivity index (χ0) is 29.2. The molecule has 6 heteroatoms. The quantitative estimate of drug-likeness (QED) is 0.110. The Bertz CT molecular complexity index is 2180. The molecule has 0 saturated carbocycles. The topological polar surface area (TPSA) is 78.9 Å². The van der Waals surface area contributed by atoms with E-state index < -0.39 is 0 Å². The summed E-state index contributed by atoms with van der Waals surface area (Å²) < 4.78 is 0. The minimum atomic E-state index is -0.172. The highest BCUT2D eigenvalue weighted by molar-refractivity contribution is 6.23. The van der Waals surface area contributed by atoms with Crippen LogP contribution in [0.15, 0.2) is 103 Å². The van der Waals surface area contributed by atoms with E-state index in [2.05, 4.69) is 92.4 Å². The molecule has 0 aliphatic heterocycles. The molecule has 2 aromatic heterocycles. The number of hydrogen-bond acceptors (Lipinski definition) is 5. The van der Waals surface area contributed by atoms with E-state index in [1.807, 2.05) is 42.5 Å². The molecule has 0 saturated heterocycles. The van der Waals surface area contributed by atoms with Crippen LogP contribution in [0.2, 0.25) is 0 Å². The van der Waals surface area contributed by atoms with Gasteiger partial charge in [0, 0.05) is 43.2 Å². The monoisotopic (exact) mass is 559 g/mol. The number of carbonyl (C=O) groups is 1. The summed E-state index contributed by atoms with van der Waals surface area (Å²) in [4.78, 5) is 20.4. The van der Waals surface area contributed by atoms with Crippen LogP contribution in [0, 0.1) is 11.8 Å². The van der Waals surface area contributed by atoms with Crippen molar-refractivity contribution in [1.29, 1.82) is 0 Å². The van der Waals surface area contributed by atoms with Crippen LogP contribution in [-0.4, -0.2) is 29.0 Å². The lowest BCUT2D eigenvalue weighted by atomic mass is 9.92. The van der Waals surface area contributed by atoms with Crippen LogP contribution >= 0.6 is 0 Å². The van der Waals surface area contributed by atoms with Gasteiger partial charge in [0.2, 0.25) is 5.91 Å². The molecule has 208 valence electrons. The predicted molar refractivity (Wildman–Crippen MR) is 177 cm³/mol. The SMILES string of the molecule is CC(=O)Nc1ccc2ccc(C#Cc3ccccc3NCCNCc3ccc4ccc5cccc6ccc3c4c56)nc2n1.